The Morgan fingerprint density at radius 2 is 1.19 bits per heavy atom. The van der Waals surface area contributed by atoms with Crippen molar-refractivity contribution >= 4 is 6.47 Å². The topological polar surface area (TPSA) is 63.2 Å². The Bertz CT molecular complexity index is 141. The molecule has 0 aliphatic heterocycles. The summed E-state index contributed by atoms with van der Waals surface area (Å²) in [5.41, 5.74) is 0. The fourth-order valence-electron chi connectivity index (χ4n) is 0.826. The van der Waals surface area contributed by atoms with Crippen molar-refractivity contribution in [1.82, 2.24) is 0 Å². The molecule has 0 atom stereocenters. The van der Waals surface area contributed by atoms with E-state index in [4.69, 9.17) is 18.9 Å². The van der Waals surface area contributed by atoms with Gasteiger partial charge in [-0.3, -0.25) is 0 Å². The molecule has 0 rings (SSSR count). The molecule has 0 bridgehead atoms. The third kappa shape index (κ3) is 13.3. The van der Waals surface area contributed by atoms with Crippen LogP contribution in [0, 0.1) is 0 Å². The van der Waals surface area contributed by atoms with Crippen molar-refractivity contribution in [3.8, 4) is 0 Å². The summed E-state index contributed by atoms with van der Waals surface area (Å²) < 4.78 is 24.6. The standard InChI is InChI=1S/C10H19O6/c1-12-2-3-13-4-5-14-6-7-15-8-9-16-10-11/h2-9H2,1H3. The van der Waals surface area contributed by atoms with Crippen LogP contribution in [0.3, 0.4) is 0 Å². The SMILES string of the molecule is COCCOCCOCCOCCO[C]=O. The molecule has 16 heavy (non-hydrogen) atoms. The minimum atomic E-state index is 0.226. The van der Waals surface area contributed by atoms with Crippen LogP contribution in [0.15, 0.2) is 0 Å². The molecule has 6 nitrogen and oxygen atoms in total. The molecule has 0 aromatic heterocycles. The second-order valence-electron chi connectivity index (χ2n) is 2.76. The highest BCUT2D eigenvalue weighted by Gasteiger charge is 1.91. The number of hydrogen-bond donors (Lipinski definition) is 0. The van der Waals surface area contributed by atoms with E-state index in [1.165, 1.54) is 6.47 Å². The minimum absolute atomic E-state index is 0.226. The zero-order valence-corrected chi connectivity index (χ0v) is 9.61. The molecule has 0 spiro atoms. The van der Waals surface area contributed by atoms with Crippen molar-refractivity contribution in [2.75, 3.05) is 60.0 Å². The van der Waals surface area contributed by atoms with Gasteiger partial charge in [0.2, 0.25) is 0 Å². The van der Waals surface area contributed by atoms with E-state index in [0.29, 0.717) is 46.2 Å². The monoisotopic (exact) mass is 235 g/mol. The van der Waals surface area contributed by atoms with Crippen LogP contribution in [-0.4, -0.2) is 66.4 Å². The van der Waals surface area contributed by atoms with Crippen LogP contribution in [0.5, 0.6) is 0 Å². The predicted molar refractivity (Wildman–Crippen MR) is 56.0 cm³/mol. The molecule has 0 heterocycles. The molecule has 0 N–H and O–H groups in total. The van der Waals surface area contributed by atoms with Crippen molar-refractivity contribution in [2.24, 2.45) is 0 Å². The molecule has 1 radical (unpaired) electrons. The molecule has 0 amide bonds. The second-order valence-corrected chi connectivity index (χ2v) is 2.76. The molecular weight excluding hydrogens is 216 g/mol. The summed E-state index contributed by atoms with van der Waals surface area (Å²) >= 11 is 0. The van der Waals surface area contributed by atoms with Gasteiger partial charge in [-0.15, -0.1) is 0 Å². The third-order valence-corrected chi connectivity index (χ3v) is 1.56. The van der Waals surface area contributed by atoms with Crippen LogP contribution in [0.4, 0.5) is 0 Å². The molecule has 95 valence electrons. The lowest BCUT2D eigenvalue weighted by molar-refractivity contribution is -0.000448. The lowest BCUT2D eigenvalue weighted by Gasteiger charge is -2.06. The van der Waals surface area contributed by atoms with Gasteiger partial charge in [0.25, 0.3) is 0 Å². The molecule has 6 heteroatoms. The number of rotatable bonds is 13. The Balaban J connectivity index is 2.85. The number of hydrogen-bond acceptors (Lipinski definition) is 6. The molecule has 0 aliphatic rings. The zero-order chi connectivity index (χ0) is 11.9. The van der Waals surface area contributed by atoms with E-state index in [0.717, 1.165) is 0 Å². The van der Waals surface area contributed by atoms with Gasteiger partial charge in [0.15, 0.2) is 0 Å². The van der Waals surface area contributed by atoms with E-state index in [2.05, 4.69) is 4.74 Å². The van der Waals surface area contributed by atoms with Gasteiger partial charge in [-0.2, -0.15) is 0 Å². The van der Waals surface area contributed by atoms with Crippen LogP contribution < -0.4 is 0 Å². The van der Waals surface area contributed by atoms with Crippen molar-refractivity contribution in [1.29, 1.82) is 0 Å². The van der Waals surface area contributed by atoms with Gasteiger partial charge < -0.3 is 23.7 Å². The maximum absolute atomic E-state index is 9.64. The maximum Gasteiger partial charge on any atom is 0.417 e. The lowest BCUT2D eigenvalue weighted by atomic mass is 10.7. The van der Waals surface area contributed by atoms with Gasteiger partial charge in [0, 0.05) is 7.11 Å². The number of ether oxygens (including phenoxy) is 5. The molecule has 0 fully saturated rings. The molecule has 0 saturated heterocycles. The van der Waals surface area contributed by atoms with Crippen LogP contribution in [-0.2, 0) is 28.5 Å². The van der Waals surface area contributed by atoms with Crippen LogP contribution >= 0.6 is 0 Å². The van der Waals surface area contributed by atoms with Crippen LogP contribution in [0.2, 0.25) is 0 Å². The summed E-state index contributed by atoms with van der Waals surface area (Å²) in [5.74, 6) is 0. The molecular formula is C10H19O6. The minimum Gasteiger partial charge on any atom is -0.455 e. The average Bonchev–Trinajstić information content (AvgIpc) is 2.31. The average molecular weight is 235 g/mol. The van der Waals surface area contributed by atoms with Crippen LogP contribution in [0.1, 0.15) is 0 Å². The summed E-state index contributed by atoms with van der Waals surface area (Å²) in [5, 5.41) is 0. The highest BCUT2D eigenvalue weighted by molar-refractivity contribution is 5.37. The highest BCUT2D eigenvalue weighted by Crippen LogP contribution is 1.82. The molecule has 0 unspecified atom stereocenters. The Morgan fingerprint density at radius 1 is 0.750 bits per heavy atom. The quantitative estimate of drug-likeness (QED) is 0.411. The Labute approximate surface area is 95.8 Å². The van der Waals surface area contributed by atoms with Gasteiger partial charge in [0.05, 0.1) is 46.2 Å². The van der Waals surface area contributed by atoms with Crippen molar-refractivity contribution in [3.05, 3.63) is 0 Å². The normalized spacial score (nSPS) is 10.3. The summed E-state index contributed by atoms with van der Waals surface area (Å²) in [4.78, 5) is 9.64. The van der Waals surface area contributed by atoms with Crippen LogP contribution in [0.25, 0.3) is 0 Å². The maximum atomic E-state index is 9.64. The van der Waals surface area contributed by atoms with E-state index >= 15 is 0 Å². The van der Waals surface area contributed by atoms with E-state index in [1.54, 1.807) is 7.11 Å². The smallest absolute Gasteiger partial charge is 0.417 e. The first-order chi connectivity index (χ1) is 7.91. The summed E-state index contributed by atoms with van der Waals surface area (Å²) in [7, 11) is 1.63. The first kappa shape index (κ1) is 15.3. The van der Waals surface area contributed by atoms with Crippen molar-refractivity contribution in [2.45, 2.75) is 0 Å². The van der Waals surface area contributed by atoms with E-state index < -0.39 is 0 Å². The van der Waals surface area contributed by atoms with Gasteiger partial charge in [0.1, 0.15) is 6.61 Å². The molecule has 0 aromatic rings. The predicted octanol–water partition coefficient (Wildman–Crippen LogP) is -0.234. The fourth-order valence-corrected chi connectivity index (χ4v) is 0.826. The van der Waals surface area contributed by atoms with Gasteiger partial charge >= 0.3 is 6.47 Å². The highest BCUT2D eigenvalue weighted by atomic mass is 16.6. The van der Waals surface area contributed by atoms with Crippen molar-refractivity contribution < 1.29 is 28.5 Å². The van der Waals surface area contributed by atoms with Gasteiger partial charge in [-0.25, -0.2) is 4.79 Å². The summed E-state index contributed by atoms with van der Waals surface area (Å²) in [6.45, 7) is 5.13. The first-order valence-electron chi connectivity index (χ1n) is 5.13. The second kappa shape index (κ2) is 14.3. The van der Waals surface area contributed by atoms with E-state index in [-0.39, 0.29) is 6.61 Å². The summed E-state index contributed by atoms with van der Waals surface area (Å²) in [6.07, 6.45) is 0. The number of carbonyl (C=O) groups excluding carboxylic acids is 1. The largest absolute Gasteiger partial charge is 0.455 e. The fraction of sp³-hybridized carbons (Fsp3) is 0.900. The lowest BCUT2D eigenvalue weighted by Crippen LogP contribution is -2.12. The zero-order valence-electron chi connectivity index (χ0n) is 9.61. The van der Waals surface area contributed by atoms with Gasteiger partial charge in [-0.05, 0) is 0 Å². The Morgan fingerprint density at radius 3 is 1.62 bits per heavy atom. The van der Waals surface area contributed by atoms with Gasteiger partial charge in [-0.1, -0.05) is 0 Å². The molecule has 0 saturated carbocycles. The Kier molecular flexibility index (Phi) is 13.7. The number of methoxy groups -OCH3 is 1. The first-order valence-corrected chi connectivity index (χ1v) is 5.13. The third-order valence-electron chi connectivity index (χ3n) is 1.56. The molecule has 0 aliphatic carbocycles. The molecule has 0 aromatic carbocycles. The van der Waals surface area contributed by atoms with E-state index in [1.807, 2.05) is 0 Å². The summed E-state index contributed by atoms with van der Waals surface area (Å²) in [6, 6.07) is 0. The van der Waals surface area contributed by atoms with Crippen molar-refractivity contribution in [3.63, 3.8) is 0 Å². The Hall–Kier alpha value is -0.690. The van der Waals surface area contributed by atoms with E-state index in [9.17, 15) is 4.79 Å².